The Kier molecular flexibility index (Phi) is 5.35. The Bertz CT molecular complexity index is 721. The zero-order valence-electron chi connectivity index (χ0n) is 12.1. The lowest BCUT2D eigenvalue weighted by Gasteiger charge is -2.10. The highest BCUT2D eigenvalue weighted by Crippen LogP contribution is 2.31. The van der Waals surface area contributed by atoms with Crippen LogP contribution in [-0.4, -0.2) is 23.4 Å². The van der Waals surface area contributed by atoms with Gasteiger partial charge >= 0.3 is 6.18 Å². The Balaban J connectivity index is 1.82. The van der Waals surface area contributed by atoms with E-state index in [-0.39, 0.29) is 11.4 Å². The molecule has 2 amide bonds. The molecule has 0 aliphatic heterocycles. The lowest BCUT2D eigenvalue weighted by Crippen LogP contribution is -2.44. The molecule has 0 aliphatic carbocycles. The van der Waals surface area contributed by atoms with Crippen LogP contribution >= 0.6 is 0 Å². The van der Waals surface area contributed by atoms with Crippen LogP contribution in [0.1, 0.15) is 16.1 Å². The standard InChI is InChI=1S/C15H12F3N3O3/c16-15(17,18)10-4-3-5-11(8-10)24-9-13(22)20-21-14(23)12-6-1-2-7-19-12/h1-8H,9H2,(H,20,22)(H,21,23). The van der Waals surface area contributed by atoms with E-state index in [2.05, 4.69) is 15.8 Å². The fraction of sp³-hybridized carbons (Fsp3) is 0.133. The van der Waals surface area contributed by atoms with Gasteiger partial charge in [-0.3, -0.25) is 25.4 Å². The van der Waals surface area contributed by atoms with Gasteiger partial charge in [0.25, 0.3) is 11.8 Å². The third-order valence-corrected chi connectivity index (χ3v) is 2.74. The third kappa shape index (κ3) is 4.97. The number of amides is 2. The highest BCUT2D eigenvalue weighted by atomic mass is 19.4. The zero-order valence-corrected chi connectivity index (χ0v) is 12.1. The maximum absolute atomic E-state index is 12.5. The van der Waals surface area contributed by atoms with Gasteiger partial charge in [0.2, 0.25) is 0 Å². The highest BCUT2D eigenvalue weighted by Gasteiger charge is 2.30. The van der Waals surface area contributed by atoms with Crippen LogP contribution in [0.15, 0.2) is 48.7 Å². The minimum Gasteiger partial charge on any atom is -0.484 e. The molecule has 1 heterocycles. The van der Waals surface area contributed by atoms with E-state index in [9.17, 15) is 22.8 Å². The monoisotopic (exact) mass is 339 g/mol. The Morgan fingerprint density at radius 1 is 1.08 bits per heavy atom. The lowest BCUT2D eigenvalue weighted by atomic mass is 10.2. The molecule has 6 nitrogen and oxygen atoms in total. The van der Waals surface area contributed by atoms with Gasteiger partial charge in [0, 0.05) is 6.20 Å². The molecule has 9 heteroatoms. The maximum atomic E-state index is 12.5. The first kappa shape index (κ1) is 17.3. The van der Waals surface area contributed by atoms with E-state index in [1.807, 2.05) is 0 Å². The topological polar surface area (TPSA) is 80.3 Å². The van der Waals surface area contributed by atoms with Crippen molar-refractivity contribution in [3.63, 3.8) is 0 Å². The van der Waals surface area contributed by atoms with Gasteiger partial charge in [0.15, 0.2) is 6.61 Å². The van der Waals surface area contributed by atoms with Crippen molar-refractivity contribution in [1.82, 2.24) is 15.8 Å². The predicted molar refractivity (Wildman–Crippen MR) is 76.8 cm³/mol. The van der Waals surface area contributed by atoms with Gasteiger partial charge in [-0.05, 0) is 30.3 Å². The van der Waals surface area contributed by atoms with E-state index in [1.54, 1.807) is 12.1 Å². The number of nitrogens with one attached hydrogen (secondary N) is 2. The first-order valence-electron chi connectivity index (χ1n) is 6.66. The Labute approximate surface area is 134 Å². The van der Waals surface area contributed by atoms with Crippen molar-refractivity contribution in [1.29, 1.82) is 0 Å². The summed E-state index contributed by atoms with van der Waals surface area (Å²) in [6, 6.07) is 8.78. The Morgan fingerprint density at radius 3 is 2.54 bits per heavy atom. The van der Waals surface area contributed by atoms with E-state index >= 15 is 0 Å². The predicted octanol–water partition coefficient (Wildman–Crippen LogP) is 1.94. The number of ether oxygens (including phenoxy) is 1. The molecule has 0 fully saturated rings. The van der Waals surface area contributed by atoms with Crippen molar-refractivity contribution in [2.75, 3.05) is 6.61 Å². The van der Waals surface area contributed by atoms with E-state index in [0.29, 0.717) is 0 Å². The quantitative estimate of drug-likeness (QED) is 0.835. The lowest BCUT2D eigenvalue weighted by molar-refractivity contribution is -0.137. The summed E-state index contributed by atoms with van der Waals surface area (Å²) in [5.74, 6) is -1.49. The van der Waals surface area contributed by atoms with Crippen molar-refractivity contribution in [2.24, 2.45) is 0 Å². The molecule has 0 radical (unpaired) electrons. The van der Waals surface area contributed by atoms with E-state index in [1.165, 1.54) is 24.4 Å². The summed E-state index contributed by atoms with van der Waals surface area (Å²) in [7, 11) is 0. The van der Waals surface area contributed by atoms with Gasteiger partial charge in [-0.1, -0.05) is 12.1 Å². The number of pyridine rings is 1. The molecule has 0 saturated heterocycles. The SMILES string of the molecule is O=C(COc1cccc(C(F)(F)F)c1)NNC(=O)c1ccccn1. The summed E-state index contributed by atoms with van der Waals surface area (Å²) in [5.41, 5.74) is 3.39. The number of benzene rings is 1. The van der Waals surface area contributed by atoms with Gasteiger partial charge in [-0.25, -0.2) is 0 Å². The molecular formula is C15H12F3N3O3. The van der Waals surface area contributed by atoms with Gasteiger partial charge in [0.1, 0.15) is 11.4 Å². The molecule has 0 saturated carbocycles. The molecule has 2 rings (SSSR count). The van der Waals surface area contributed by atoms with E-state index in [4.69, 9.17) is 4.74 Å². The second kappa shape index (κ2) is 7.44. The summed E-state index contributed by atoms with van der Waals surface area (Å²) in [5, 5.41) is 0. The molecule has 0 spiro atoms. The van der Waals surface area contributed by atoms with Gasteiger partial charge in [-0.2, -0.15) is 13.2 Å². The summed E-state index contributed by atoms with van der Waals surface area (Å²) in [6.45, 7) is -0.566. The Hall–Kier alpha value is -3.10. The number of nitrogens with zero attached hydrogens (tertiary/aromatic N) is 1. The molecule has 0 aliphatic rings. The summed E-state index contributed by atoms with van der Waals surface area (Å²) in [4.78, 5) is 26.9. The number of alkyl halides is 3. The number of hydrogen-bond donors (Lipinski definition) is 2. The number of hydrazine groups is 1. The number of hydrogen-bond acceptors (Lipinski definition) is 4. The zero-order chi connectivity index (χ0) is 17.6. The minimum absolute atomic E-state index is 0.0941. The first-order valence-corrected chi connectivity index (χ1v) is 6.66. The fourth-order valence-corrected chi connectivity index (χ4v) is 1.63. The minimum atomic E-state index is -4.50. The highest BCUT2D eigenvalue weighted by molar-refractivity contribution is 5.93. The van der Waals surface area contributed by atoms with E-state index in [0.717, 1.165) is 12.1 Å². The average molecular weight is 339 g/mol. The van der Waals surface area contributed by atoms with Crippen LogP contribution in [0.5, 0.6) is 5.75 Å². The van der Waals surface area contributed by atoms with Gasteiger partial charge in [-0.15, -0.1) is 0 Å². The van der Waals surface area contributed by atoms with Crippen LogP contribution < -0.4 is 15.6 Å². The van der Waals surface area contributed by atoms with Gasteiger partial charge in [0.05, 0.1) is 5.56 Å². The van der Waals surface area contributed by atoms with Crippen molar-refractivity contribution in [3.8, 4) is 5.75 Å². The Morgan fingerprint density at radius 2 is 1.88 bits per heavy atom. The normalized spacial score (nSPS) is 10.8. The summed E-state index contributed by atoms with van der Waals surface area (Å²) < 4.78 is 42.6. The number of rotatable bonds is 4. The number of halogens is 3. The summed E-state index contributed by atoms with van der Waals surface area (Å²) in [6.07, 6.45) is -3.09. The smallest absolute Gasteiger partial charge is 0.416 e. The molecule has 2 N–H and O–H groups in total. The molecule has 126 valence electrons. The van der Waals surface area contributed by atoms with Gasteiger partial charge < -0.3 is 4.74 Å². The molecule has 2 aromatic rings. The van der Waals surface area contributed by atoms with Crippen LogP contribution in [0.25, 0.3) is 0 Å². The van der Waals surface area contributed by atoms with Crippen molar-refractivity contribution in [2.45, 2.75) is 6.18 Å². The van der Waals surface area contributed by atoms with Crippen molar-refractivity contribution >= 4 is 11.8 Å². The fourth-order valence-electron chi connectivity index (χ4n) is 1.63. The molecule has 0 bridgehead atoms. The summed E-state index contributed by atoms with van der Waals surface area (Å²) >= 11 is 0. The average Bonchev–Trinajstić information content (AvgIpc) is 2.58. The number of aromatic nitrogens is 1. The third-order valence-electron chi connectivity index (χ3n) is 2.74. The number of carbonyl (C=O) groups excluding carboxylic acids is 2. The molecule has 0 atom stereocenters. The number of carbonyl (C=O) groups is 2. The largest absolute Gasteiger partial charge is 0.484 e. The van der Waals surface area contributed by atoms with Crippen LogP contribution in [-0.2, 0) is 11.0 Å². The van der Waals surface area contributed by atoms with Crippen LogP contribution in [0.4, 0.5) is 13.2 Å². The van der Waals surface area contributed by atoms with E-state index < -0.39 is 30.2 Å². The second-order valence-electron chi connectivity index (χ2n) is 4.53. The molecule has 24 heavy (non-hydrogen) atoms. The van der Waals surface area contributed by atoms with Crippen molar-refractivity contribution in [3.05, 3.63) is 59.9 Å². The second-order valence-corrected chi connectivity index (χ2v) is 4.53. The van der Waals surface area contributed by atoms with Crippen LogP contribution in [0.2, 0.25) is 0 Å². The van der Waals surface area contributed by atoms with Crippen LogP contribution in [0.3, 0.4) is 0 Å². The van der Waals surface area contributed by atoms with Crippen LogP contribution in [0, 0.1) is 0 Å². The first-order chi connectivity index (χ1) is 11.4. The molecule has 0 unspecified atom stereocenters. The maximum Gasteiger partial charge on any atom is 0.416 e. The molecule has 1 aromatic heterocycles. The van der Waals surface area contributed by atoms with Crippen molar-refractivity contribution < 1.29 is 27.5 Å². The molecular weight excluding hydrogens is 327 g/mol. The molecule has 1 aromatic carbocycles.